The number of rotatable bonds is 8. The van der Waals surface area contributed by atoms with Gasteiger partial charge in [-0.2, -0.15) is 0 Å². The van der Waals surface area contributed by atoms with Crippen molar-refractivity contribution in [1.29, 1.82) is 0 Å². The topological polar surface area (TPSA) is 59.6 Å². The SMILES string of the molecule is CCCCCOc1ccc([C@H]2NC(=S)NC(C)=C2C(=O)OCC)cc1. The lowest BCUT2D eigenvalue weighted by molar-refractivity contribution is -0.139. The van der Waals surface area contributed by atoms with Crippen molar-refractivity contribution in [3.05, 3.63) is 41.1 Å². The molecule has 6 heteroatoms. The second-order valence-corrected chi connectivity index (χ2v) is 6.32. The Bertz CT molecular complexity index is 641. The van der Waals surface area contributed by atoms with Gasteiger partial charge in [0.2, 0.25) is 0 Å². The van der Waals surface area contributed by atoms with Gasteiger partial charge in [0.25, 0.3) is 0 Å². The molecule has 0 saturated carbocycles. The van der Waals surface area contributed by atoms with E-state index in [1.54, 1.807) is 6.92 Å². The molecular formula is C19H26N2O3S. The van der Waals surface area contributed by atoms with E-state index in [0.717, 1.165) is 24.3 Å². The number of nitrogens with one attached hydrogen (secondary N) is 2. The molecule has 1 aromatic carbocycles. The smallest absolute Gasteiger partial charge is 0.338 e. The molecule has 2 rings (SSSR count). The molecule has 0 radical (unpaired) electrons. The van der Waals surface area contributed by atoms with Crippen LogP contribution in [0.4, 0.5) is 0 Å². The van der Waals surface area contributed by atoms with Crippen LogP contribution in [0.3, 0.4) is 0 Å². The Labute approximate surface area is 154 Å². The van der Waals surface area contributed by atoms with Crippen LogP contribution in [0, 0.1) is 0 Å². The monoisotopic (exact) mass is 362 g/mol. The first-order valence-electron chi connectivity index (χ1n) is 8.75. The highest BCUT2D eigenvalue weighted by Gasteiger charge is 2.30. The van der Waals surface area contributed by atoms with Gasteiger partial charge in [-0.15, -0.1) is 0 Å². The Morgan fingerprint density at radius 3 is 2.56 bits per heavy atom. The number of carbonyl (C=O) groups excluding carboxylic acids is 1. The summed E-state index contributed by atoms with van der Waals surface area (Å²) in [5, 5.41) is 6.64. The van der Waals surface area contributed by atoms with E-state index < -0.39 is 0 Å². The summed E-state index contributed by atoms with van der Waals surface area (Å²) >= 11 is 5.24. The van der Waals surface area contributed by atoms with Crippen molar-refractivity contribution >= 4 is 23.3 Å². The third-order valence-corrected chi connectivity index (χ3v) is 4.21. The van der Waals surface area contributed by atoms with Gasteiger partial charge in [-0.3, -0.25) is 0 Å². The molecule has 0 fully saturated rings. The Hall–Kier alpha value is -2.08. The maximum Gasteiger partial charge on any atom is 0.338 e. The fraction of sp³-hybridized carbons (Fsp3) is 0.474. The van der Waals surface area contributed by atoms with Crippen molar-refractivity contribution in [2.75, 3.05) is 13.2 Å². The summed E-state index contributed by atoms with van der Waals surface area (Å²) in [6.07, 6.45) is 3.39. The van der Waals surface area contributed by atoms with Crippen molar-refractivity contribution in [2.24, 2.45) is 0 Å². The maximum absolute atomic E-state index is 12.3. The summed E-state index contributed by atoms with van der Waals surface area (Å²) in [7, 11) is 0. The standard InChI is InChI=1S/C19H26N2O3S/c1-4-6-7-12-24-15-10-8-14(9-11-15)17-16(18(22)23-5-2)13(3)20-19(25)21-17/h8-11,17H,4-7,12H2,1-3H3,(H2,20,21,25)/t17-/m1/s1. The van der Waals surface area contributed by atoms with Crippen LogP contribution in [0.5, 0.6) is 5.75 Å². The number of hydrogen-bond donors (Lipinski definition) is 2. The van der Waals surface area contributed by atoms with Crippen molar-refractivity contribution in [1.82, 2.24) is 10.6 Å². The van der Waals surface area contributed by atoms with E-state index in [2.05, 4.69) is 17.6 Å². The second-order valence-electron chi connectivity index (χ2n) is 5.92. The number of esters is 1. The van der Waals surface area contributed by atoms with Crippen LogP contribution in [-0.2, 0) is 9.53 Å². The van der Waals surface area contributed by atoms with E-state index in [0.29, 0.717) is 23.0 Å². The molecule has 0 spiro atoms. The summed E-state index contributed by atoms with van der Waals surface area (Å²) in [6.45, 7) is 6.84. The molecule has 0 aromatic heterocycles. The van der Waals surface area contributed by atoms with E-state index in [1.165, 1.54) is 12.8 Å². The Balaban J connectivity index is 2.15. The molecule has 1 heterocycles. The highest BCUT2D eigenvalue weighted by Crippen LogP contribution is 2.28. The third-order valence-electron chi connectivity index (χ3n) is 3.99. The van der Waals surface area contributed by atoms with Crippen LogP contribution in [-0.4, -0.2) is 24.3 Å². The quantitative estimate of drug-likeness (QED) is 0.418. The van der Waals surface area contributed by atoms with Crippen molar-refractivity contribution in [3.63, 3.8) is 0 Å². The van der Waals surface area contributed by atoms with Gasteiger partial charge in [-0.05, 0) is 50.2 Å². The maximum atomic E-state index is 12.3. The summed E-state index contributed by atoms with van der Waals surface area (Å²) in [4.78, 5) is 12.3. The van der Waals surface area contributed by atoms with Gasteiger partial charge in [0, 0.05) is 5.70 Å². The van der Waals surface area contributed by atoms with Gasteiger partial charge in [-0.25, -0.2) is 4.79 Å². The zero-order valence-electron chi connectivity index (χ0n) is 15.1. The number of thiocarbonyl (C=S) groups is 1. The number of benzene rings is 1. The average Bonchev–Trinajstić information content (AvgIpc) is 2.59. The minimum absolute atomic E-state index is 0.331. The average molecular weight is 362 g/mol. The lowest BCUT2D eigenvalue weighted by Gasteiger charge is -2.29. The molecule has 1 atom stereocenters. The number of ether oxygens (including phenoxy) is 2. The van der Waals surface area contributed by atoms with E-state index in [1.807, 2.05) is 31.2 Å². The minimum Gasteiger partial charge on any atom is -0.494 e. The number of carbonyl (C=O) groups is 1. The van der Waals surface area contributed by atoms with E-state index in [-0.39, 0.29) is 12.0 Å². The van der Waals surface area contributed by atoms with Crippen LogP contribution in [0.25, 0.3) is 0 Å². The lowest BCUT2D eigenvalue weighted by Crippen LogP contribution is -2.45. The fourth-order valence-electron chi connectivity index (χ4n) is 2.72. The van der Waals surface area contributed by atoms with Crippen LogP contribution >= 0.6 is 12.2 Å². The zero-order valence-corrected chi connectivity index (χ0v) is 15.9. The van der Waals surface area contributed by atoms with E-state index in [9.17, 15) is 4.79 Å². The molecule has 2 N–H and O–H groups in total. The predicted molar refractivity (Wildman–Crippen MR) is 102 cm³/mol. The van der Waals surface area contributed by atoms with Gasteiger partial charge in [0.1, 0.15) is 5.75 Å². The minimum atomic E-state index is -0.340. The van der Waals surface area contributed by atoms with Gasteiger partial charge in [0.15, 0.2) is 5.11 Å². The summed E-state index contributed by atoms with van der Waals surface area (Å²) < 4.78 is 10.9. The first kappa shape index (κ1) is 19.2. The third kappa shape index (κ3) is 5.19. The second kappa shape index (κ2) is 9.42. The van der Waals surface area contributed by atoms with Gasteiger partial charge in [0.05, 0.1) is 24.8 Å². The molecule has 1 aliphatic rings. The molecule has 0 aliphatic carbocycles. The van der Waals surface area contributed by atoms with Crippen LogP contribution in [0.2, 0.25) is 0 Å². The summed E-state index contributed by atoms with van der Waals surface area (Å²) in [5.74, 6) is 0.488. The highest BCUT2D eigenvalue weighted by atomic mass is 32.1. The molecular weight excluding hydrogens is 336 g/mol. The van der Waals surface area contributed by atoms with Crippen LogP contribution < -0.4 is 15.4 Å². The molecule has 136 valence electrons. The molecule has 1 aliphatic heterocycles. The molecule has 1 aromatic rings. The first-order chi connectivity index (χ1) is 12.1. The van der Waals surface area contributed by atoms with Crippen molar-refractivity contribution in [2.45, 2.75) is 46.1 Å². The van der Waals surface area contributed by atoms with Gasteiger partial charge < -0.3 is 20.1 Å². The van der Waals surface area contributed by atoms with Gasteiger partial charge >= 0.3 is 5.97 Å². The number of hydrogen-bond acceptors (Lipinski definition) is 4. The number of allylic oxidation sites excluding steroid dienone is 1. The Morgan fingerprint density at radius 2 is 1.92 bits per heavy atom. The van der Waals surface area contributed by atoms with Crippen molar-refractivity contribution < 1.29 is 14.3 Å². The Morgan fingerprint density at radius 1 is 1.20 bits per heavy atom. The highest BCUT2D eigenvalue weighted by molar-refractivity contribution is 7.80. The Kier molecular flexibility index (Phi) is 7.25. The molecule has 0 unspecified atom stereocenters. The molecule has 5 nitrogen and oxygen atoms in total. The largest absolute Gasteiger partial charge is 0.494 e. The fourth-order valence-corrected chi connectivity index (χ4v) is 2.99. The molecule has 0 saturated heterocycles. The lowest BCUT2D eigenvalue weighted by atomic mass is 9.95. The van der Waals surface area contributed by atoms with Gasteiger partial charge in [-0.1, -0.05) is 31.9 Å². The normalized spacial score (nSPS) is 16.9. The first-order valence-corrected chi connectivity index (χ1v) is 9.15. The zero-order chi connectivity index (χ0) is 18.2. The van der Waals surface area contributed by atoms with E-state index in [4.69, 9.17) is 21.7 Å². The predicted octanol–water partition coefficient (Wildman–Crippen LogP) is 3.61. The molecule has 0 amide bonds. The van der Waals surface area contributed by atoms with Crippen molar-refractivity contribution in [3.8, 4) is 5.75 Å². The van der Waals surface area contributed by atoms with E-state index >= 15 is 0 Å². The van der Waals surface area contributed by atoms with Crippen LogP contribution in [0.1, 0.15) is 51.6 Å². The summed E-state index contributed by atoms with van der Waals surface area (Å²) in [5.41, 5.74) is 2.20. The molecule has 0 bridgehead atoms. The summed E-state index contributed by atoms with van der Waals surface area (Å²) in [6, 6.07) is 7.42. The number of unbranched alkanes of at least 4 members (excludes halogenated alkanes) is 2. The van der Waals surface area contributed by atoms with Crippen LogP contribution in [0.15, 0.2) is 35.5 Å². The molecule has 25 heavy (non-hydrogen) atoms.